The normalized spacial score (nSPS) is 10.0. The average molecular weight is 170 g/mol. The van der Waals surface area contributed by atoms with Crippen LogP contribution in [0.15, 0.2) is 12.5 Å². The lowest BCUT2D eigenvalue weighted by Gasteiger charge is -1.90. The van der Waals surface area contributed by atoms with Crippen molar-refractivity contribution in [2.45, 2.75) is 0 Å². The Morgan fingerprint density at radius 2 is 2.55 bits per heavy atom. The number of carbonyl (C=O) groups excluding carboxylic acids is 1. The Hall–Kier alpha value is -0.770. The number of hydrogen-bond donors (Lipinski definition) is 0. The van der Waals surface area contributed by atoms with Crippen molar-refractivity contribution in [3.05, 3.63) is 18.2 Å². The molecule has 0 bridgehead atoms. The molecule has 0 atom stereocenters. The van der Waals surface area contributed by atoms with Gasteiger partial charge in [0.25, 0.3) is 0 Å². The van der Waals surface area contributed by atoms with E-state index in [0.29, 0.717) is 11.4 Å². The third-order valence-electron chi connectivity index (χ3n) is 1.27. The summed E-state index contributed by atoms with van der Waals surface area (Å²) in [5, 5.41) is 0. The van der Waals surface area contributed by atoms with Gasteiger partial charge in [0.2, 0.25) is 0 Å². The first-order valence-corrected chi connectivity index (χ1v) is 4.63. The quantitative estimate of drug-likeness (QED) is 0.634. The number of rotatable bonds is 3. The molecule has 60 valence electrons. The number of ketones is 1. The third-order valence-corrected chi connectivity index (χ3v) is 1.82. The van der Waals surface area contributed by atoms with E-state index < -0.39 is 0 Å². The molecule has 3 nitrogen and oxygen atoms in total. The summed E-state index contributed by atoms with van der Waals surface area (Å²) in [6.45, 7) is 0. The zero-order chi connectivity index (χ0) is 8.27. The van der Waals surface area contributed by atoms with Gasteiger partial charge in [-0.05, 0) is 6.26 Å². The molecule has 0 fully saturated rings. The summed E-state index contributed by atoms with van der Waals surface area (Å²) in [5.41, 5.74) is 0.557. The zero-order valence-corrected chi connectivity index (χ0v) is 7.39. The number of aryl methyl sites for hydroxylation is 1. The van der Waals surface area contributed by atoms with E-state index in [1.807, 2.05) is 13.3 Å². The van der Waals surface area contributed by atoms with Crippen molar-refractivity contribution in [1.82, 2.24) is 9.55 Å². The van der Waals surface area contributed by atoms with Gasteiger partial charge in [-0.2, -0.15) is 11.8 Å². The minimum absolute atomic E-state index is 0.0955. The molecule has 4 heteroatoms. The first-order chi connectivity index (χ1) is 5.24. The Morgan fingerprint density at radius 3 is 3.00 bits per heavy atom. The number of imidazole rings is 1. The van der Waals surface area contributed by atoms with Gasteiger partial charge in [0.1, 0.15) is 5.69 Å². The topological polar surface area (TPSA) is 34.9 Å². The molecule has 0 saturated carbocycles. The van der Waals surface area contributed by atoms with Crippen LogP contribution in [-0.2, 0) is 7.05 Å². The predicted octanol–water partition coefficient (Wildman–Crippen LogP) is 0.966. The van der Waals surface area contributed by atoms with Gasteiger partial charge in [0, 0.05) is 13.2 Å². The predicted molar refractivity (Wildman–Crippen MR) is 45.9 cm³/mol. The molecule has 11 heavy (non-hydrogen) atoms. The van der Waals surface area contributed by atoms with Crippen molar-refractivity contribution in [2.75, 3.05) is 12.0 Å². The van der Waals surface area contributed by atoms with E-state index in [1.165, 1.54) is 11.8 Å². The lowest BCUT2D eigenvalue weighted by atomic mass is 10.3. The largest absolute Gasteiger partial charge is 0.340 e. The molecule has 0 aliphatic carbocycles. The molecule has 1 heterocycles. The van der Waals surface area contributed by atoms with E-state index in [-0.39, 0.29) is 5.78 Å². The van der Waals surface area contributed by atoms with E-state index >= 15 is 0 Å². The fourth-order valence-electron chi connectivity index (χ4n) is 0.762. The number of Topliss-reactive ketones (excluding diaryl/α,β-unsaturated/α-hetero) is 1. The molecule has 1 aromatic heterocycles. The van der Waals surface area contributed by atoms with E-state index in [0.717, 1.165) is 0 Å². The van der Waals surface area contributed by atoms with Gasteiger partial charge in [-0.1, -0.05) is 0 Å². The van der Waals surface area contributed by atoms with Crippen LogP contribution in [0.1, 0.15) is 10.5 Å². The molecule has 0 aromatic carbocycles. The lowest BCUT2D eigenvalue weighted by molar-refractivity contribution is 0.101. The second-order valence-electron chi connectivity index (χ2n) is 2.28. The van der Waals surface area contributed by atoms with Gasteiger partial charge in [-0.3, -0.25) is 4.79 Å². The molecule has 0 unspecified atom stereocenters. The highest BCUT2D eigenvalue weighted by Gasteiger charge is 2.06. The van der Waals surface area contributed by atoms with E-state index in [1.54, 1.807) is 17.1 Å². The summed E-state index contributed by atoms with van der Waals surface area (Å²) >= 11 is 1.52. The van der Waals surface area contributed by atoms with E-state index in [2.05, 4.69) is 4.98 Å². The standard InChI is InChI=1S/C7H10N2OS/c1-9-3-6(8-5-9)7(10)4-11-2/h3,5H,4H2,1-2H3. The summed E-state index contributed by atoms with van der Waals surface area (Å²) < 4.78 is 1.77. The second-order valence-corrected chi connectivity index (χ2v) is 3.15. The number of aromatic nitrogens is 2. The summed E-state index contributed by atoms with van der Waals surface area (Å²) in [6.07, 6.45) is 5.27. The van der Waals surface area contributed by atoms with Gasteiger partial charge in [-0.15, -0.1) is 0 Å². The maximum Gasteiger partial charge on any atom is 0.192 e. The highest BCUT2D eigenvalue weighted by molar-refractivity contribution is 7.99. The number of thioether (sulfide) groups is 1. The van der Waals surface area contributed by atoms with Crippen molar-refractivity contribution >= 4 is 17.5 Å². The molecular weight excluding hydrogens is 160 g/mol. The summed E-state index contributed by atoms with van der Waals surface area (Å²) in [4.78, 5) is 15.1. The van der Waals surface area contributed by atoms with Crippen molar-refractivity contribution in [3.63, 3.8) is 0 Å². The fourth-order valence-corrected chi connectivity index (χ4v) is 1.17. The Balaban J connectivity index is 2.69. The number of carbonyl (C=O) groups is 1. The molecule has 0 aliphatic heterocycles. The number of hydrogen-bond acceptors (Lipinski definition) is 3. The molecular formula is C7H10N2OS. The Morgan fingerprint density at radius 1 is 1.82 bits per heavy atom. The van der Waals surface area contributed by atoms with Crippen LogP contribution in [0.4, 0.5) is 0 Å². The SMILES string of the molecule is CSCC(=O)c1cn(C)cn1. The van der Waals surface area contributed by atoms with Crippen LogP contribution in [0.25, 0.3) is 0 Å². The van der Waals surface area contributed by atoms with Gasteiger partial charge >= 0.3 is 0 Å². The maximum atomic E-state index is 11.2. The van der Waals surface area contributed by atoms with Crippen LogP contribution < -0.4 is 0 Å². The first kappa shape index (κ1) is 8.33. The first-order valence-electron chi connectivity index (χ1n) is 3.24. The molecule has 0 spiro atoms. The minimum atomic E-state index is 0.0955. The molecule has 0 saturated heterocycles. The van der Waals surface area contributed by atoms with Crippen LogP contribution in [0.5, 0.6) is 0 Å². The number of nitrogens with zero attached hydrogens (tertiary/aromatic N) is 2. The summed E-state index contributed by atoms with van der Waals surface area (Å²) in [5.74, 6) is 0.606. The second kappa shape index (κ2) is 3.57. The summed E-state index contributed by atoms with van der Waals surface area (Å²) in [6, 6.07) is 0. The molecule has 0 aliphatic rings. The monoisotopic (exact) mass is 170 g/mol. The van der Waals surface area contributed by atoms with Crippen molar-refractivity contribution in [1.29, 1.82) is 0 Å². The van der Waals surface area contributed by atoms with Crippen LogP contribution >= 0.6 is 11.8 Å². The maximum absolute atomic E-state index is 11.2. The van der Waals surface area contributed by atoms with Crippen LogP contribution in [0, 0.1) is 0 Å². The van der Waals surface area contributed by atoms with Gasteiger partial charge in [-0.25, -0.2) is 4.98 Å². The van der Waals surface area contributed by atoms with Gasteiger partial charge in [0.15, 0.2) is 5.78 Å². The lowest BCUT2D eigenvalue weighted by Crippen LogP contribution is -2.01. The molecule has 1 aromatic rings. The Bertz CT molecular complexity index is 257. The van der Waals surface area contributed by atoms with Crippen LogP contribution in [-0.4, -0.2) is 27.3 Å². The highest BCUT2D eigenvalue weighted by Crippen LogP contribution is 2.01. The Labute approximate surface area is 69.8 Å². The van der Waals surface area contributed by atoms with E-state index in [4.69, 9.17) is 0 Å². The highest BCUT2D eigenvalue weighted by atomic mass is 32.2. The van der Waals surface area contributed by atoms with E-state index in [9.17, 15) is 4.79 Å². The average Bonchev–Trinajstić information content (AvgIpc) is 2.36. The minimum Gasteiger partial charge on any atom is -0.340 e. The van der Waals surface area contributed by atoms with Crippen LogP contribution in [0.2, 0.25) is 0 Å². The van der Waals surface area contributed by atoms with Gasteiger partial charge < -0.3 is 4.57 Å². The van der Waals surface area contributed by atoms with Gasteiger partial charge in [0.05, 0.1) is 12.1 Å². The van der Waals surface area contributed by atoms with Crippen molar-refractivity contribution in [3.8, 4) is 0 Å². The van der Waals surface area contributed by atoms with Crippen molar-refractivity contribution in [2.24, 2.45) is 7.05 Å². The molecule has 0 radical (unpaired) electrons. The Kier molecular flexibility index (Phi) is 2.70. The third kappa shape index (κ3) is 2.08. The van der Waals surface area contributed by atoms with Crippen LogP contribution in [0.3, 0.4) is 0 Å². The van der Waals surface area contributed by atoms with Crippen molar-refractivity contribution < 1.29 is 4.79 Å². The zero-order valence-electron chi connectivity index (χ0n) is 6.57. The molecule has 0 amide bonds. The molecule has 0 N–H and O–H groups in total. The summed E-state index contributed by atoms with van der Waals surface area (Å²) in [7, 11) is 1.85. The molecule has 1 rings (SSSR count). The fraction of sp³-hybridized carbons (Fsp3) is 0.429. The smallest absolute Gasteiger partial charge is 0.192 e.